The second-order valence-electron chi connectivity index (χ2n) is 5.18. The molecule has 0 aromatic rings. The van der Waals surface area contributed by atoms with E-state index in [0.29, 0.717) is 12.0 Å². The van der Waals surface area contributed by atoms with Gasteiger partial charge < -0.3 is 15.2 Å². The summed E-state index contributed by atoms with van der Waals surface area (Å²) in [7, 11) is 0. The van der Waals surface area contributed by atoms with Gasteiger partial charge in [0, 0.05) is 6.54 Å². The van der Waals surface area contributed by atoms with Gasteiger partial charge in [-0.05, 0) is 52.0 Å². The molecule has 1 fully saturated rings. The summed E-state index contributed by atoms with van der Waals surface area (Å²) in [5, 5.41) is 12.3. The van der Waals surface area contributed by atoms with Gasteiger partial charge in [0.15, 0.2) is 0 Å². The first-order chi connectivity index (χ1) is 8.09. The minimum absolute atomic E-state index is 0.101. The summed E-state index contributed by atoms with van der Waals surface area (Å²) in [6, 6.07) is 0. The van der Waals surface area contributed by atoms with Crippen molar-refractivity contribution in [2.75, 3.05) is 19.7 Å². The summed E-state index contributed by atoms with van der Waals surface area (Å²) in [6.45, 7) is 6.70. The lowest BCUT2D eigenvalue weighted by Gasteiger charge is -2.26. The molecule has 0 aliphatic heterocycles. The van der Waals surface area contributed by atoms with Crippen LogP contribution in [0.2, 0.25) is 0 Å². The molecule has 2 N–H and O–H groups in total. The van der Waals surface area contributed by atoms with Crippen LogP contribution in [0.5, 0.6) is 0 Å². The van der Waals surface area contributed by atoms with Gasteiger partial charge in [0.1, 0.15) is 0 Å². The minimum Gasteiger partial charge on any atom is -0.481 e. The third-order valence-corrected chi connectivity index (χ3v) is 3.36. The molecular weight excluding hydrogens is 218 g/mol. The van der Waals surface area contributed by atoms with E-state index in [1.807, 2.05) is 13.8 Å². The number of aliphatic carboxylic acids is 1. The number of ether oxygens (including phenoxy) is 1. The van der Waals surface area contributed by atoms with Crippen molar-refractivity contribution >= 4 is 5.97 Å². The van der Waals surface area contributed by atoms with Crippen LogP contribution in [0.4, 0.5) is 0 Å². The fourth-order valence-electron chi connectivity index (χ4n) is 2.29. The van der Waals surface area contributed by atoms with Gasteiger partial charge in [-0.2, -0.15) is 0 Å². The summed E-state index contributed by atoms with van der Waals surface area (Å²) in [5.74, 6) is -0.0816. The molecule has 0 radical (unpaired) electrons. The molecule has 0 aromatic heterocycles. The minimum atomic E-state index is -0.623. The average Bonchev–Trinajstić information content (AvgIpc) is 2.29. The van der Waals surface area contributed by atoms with Crippen molar-refractivity contribution in [3.05, 3.63) is 0 Å². The molecule has 0 spiro atoms. The van der Waals surface area contributed by atoms with Crippen molar-refractivity contribution in [2.45, 2.75) is 45.6 Å². The Labute approximate surface area is 104 Å². The van der Waals surface area contributed by atoms with Crippen molar-refractivity contribution in [2.24, 2.45) is 11.8 Å². The SMILES string of the molecule is CC(C)OCCNCC1CCC(C(=O)O)CC1. The van der Waals surface area contributed by atoms with E-state index in [-0.39, 0.29) is 5.92 Å². The fourth-order valence-corrected chi connectivity index (χ4v) is 2.29. The van der Waals surface area contributed by atoms with Crippen molar-refractivity contribution in [1.82, 2.24) is 5.32 Å². The van der Waals surface area contributed by atoms with E-state index in [0.717, 1.165) is 45.4 Å². The molecule has 0 amide bonds. The molecule has 17 heavy (non-hydrogen) atoms. The molecule has 1 aliphatic carbocycles. The Bertz CT molecular complexity index is 223. The van der Waals surface area contributed by atoms with Gasteiger partial charge in [0.2, 0.25) is 0 Å². The first-order valence-corrected chi connectivity index (χ1v) is 6.64. The predicted molar refractivity (Wildman–Crippen MR) is 67.0 cm³/mol. The van der Waals surface area contributed by atoms with Gasteiger partial charge in [0.25, 0.3) is 0 Å². The van der Waals surface area contributed by atoms with Gasteiger partial charge in [-0.25, -0.2) is 0 Å². The van der Waals surface area contributed by atoms with Crippen molar-refractivity contribution < 1.29 is 14.6 Å². The molecule has 4 nitrogen and oxygen atoms in total. The van der Waals surface area contributed by atoms with Gasteiger partial charge in [-0.1, -0.05) is 0 Å². The zero-order chi connectivity index (χ0) is 12.7. The number of hydrogen-bond acceptors (Lipinski definition) is 3. The zero-order valence-electron chi connectivity index (χ0n) is 10.9. The van der Waals surface area contributed by atoms with Crippen LogP contribution in [0.15, 0.2) is 0 Å². The Hall–Kier alpha value is -0.610. The highest BCUT2D eigenvalue weighted by Crippen LogP contribution is 2.28. The summed E-state index contributed by atoms with van der Waals surface area (Å²) in [5.41, 5.74) is 0. The van der Waals surface area contributed by atoms with Crippen LogP contribution < -0.4 is 5.32 Å². The van der Waals surface area contributed by atoms with Crippen molar-refractivity contribution in [3.8, 4) is 0 Å². The number of carboxylic acid groups (broad SMARTS) is 1. The van der Waals surface area contributed by atoms with Crippen LogP contribution in [-0.4, -0.2) is 36.9 Å². The molecular formula is C13H25NO3. The standard InChI is InChI=1S/C13H25NO3/c1-10(2)17-8-7-14-9-11-3-5-12(6-4-11)13(15)16/h10-12,14H,3-9H2,1-2H3,(H,15,16). The van der Waals surface area contributed by atoms with Gasteiger partial charge in [0.05, 0.1) is 18.6 Å². The van der Waals surface area contributed by atoms with Crippen LogP contribution >= 0.6 is 0 Å². The van der Waals surface area contributed by atoms with Crippen LogP contribution in [-0.2, 0) is 9.53 Å². The third kappa shape index (κ3) is 6.03. The first kappa shape index (κ1) is 14.5. The molecule has 0 saturated heterocycles. The first-order valence-electron chi connectivity index (χ1n) is 6.64. The molecule has 0 atom stereocenters. The van der Waals surface area contributed by atoms with E-state index >= 15 is 0 Å². The summed E-state index contributed by atoms with van der Waals surface area (Å²) < 4.78 is 5.44. The topological polar surface area (TPSA) is 58.6 Å². The largest absolute Gasteiger partial charge is 0.481 e. The maximum atomic E-state index is 10.8. The van der Waals surface area contributed by atoms with E-state index in [2.05, 4.69) is 5.32 Å². The number of hydrogen-bond donors (Lipinski definition) is 2. The van der Waals surface area contributed by atoms with Gasteiger partial charge >= 0.3 is 5.97 Å². The zero-order valence-corrected chi connectivity index (χ0v) is 10.9. The summed E-state index contributed by atoms with van der Waals surface area (Å²) in [4.78, 5) is 10.8. The summed E-state index contributed by atoms with van der Waals surface area (Å²) >= 11 is 0. The maximum Gasteiger partial charge on any atom is 0.306 e. The maximum absolute atomic E-state index is 10.8. The molecule has 0 bridgehead atoms. The van der Waals surface area contributed by atoms with E-state index in [1.165, 1.54) is 0 Å². The Morgan fingerprint density at radius 2 is 2.00 bits per heavy atom. The van der Waals surface area contributed by atoms with Crippen molar-refractivity contribution in [3.63, 3.8) is 0 Å². The van der Waals surface area contributed by atoms with Crippen LogP contribution in [0, 0.1) is 11.8 Å². The Balaban J connectivity index is 2.01. The van der Waals surface area contributed by atoms with E-state index in [4.69, 9.17) is 9.84 Å². The smallest absolute Gasteiger partial charge is 0.306 e. The van der Waals surface area contributed by atoms with Crippen LogP contribution in [0.25, 0.3) is 0 Å². The molecule has 4 heteroatoms. The highest BCUT2D eigenvalue weighted by atomic mass is 16.5. The molecule has 0 aromatic carbocycles. The number of carboxylic acids is 1. The van der Waals surface area contributed by atoms with E-state index in [9.17, 15) is 4.79 Å². The number of carbonyl (C=O) groups is 1. The Morgan fingerprint density at radius 3 is 2.53 bits per heavy atom. The number of nitrogens with one attached hydrogen (secondary N) is 1. The second-order valence-corrected chi connectivity index (χ2v) is 5.18. The highest BCUT2D eigenvalue weighted by Gasteiger charge is 2.25. The van der Waals surface area contributed by atoms with Crippen LogP contribution in [0.3, 0.4) is 0 Å². The lowest BCUT2D eigenvalue weighted by Crippen LogP contribution is -2.30. The second kappa shape index (κ2) is 7.67. The fraction of sp³-hybridized carbons (Fsp3) is 0.923. The third-order valence-electron chi connectivity index (χ3n) is 3.36. The lowest BCUT2D eigenvalue weighted by molar-refractivity contribution is -0.143. The molecule has 1 aliphatic rings. The predicted octanol–water partition coefficient (Wildman–Crippen LogP) is 1.89. The summed E-state index contributed by atoms with van der Waals surface area (Å²) in [6.07, 6.45) is 4.04. The molecule has 0 heterocycles. The lowest BCUT2D eigenvalue weighted by atomic mass is 9.82. The molecule has 100 valence electrons. The normalized spacial score (nSPS) is 25.1. The molecule has 1 saturated carbocycles. The highest BCUT2D eigenvalue weighted by molar-refractivity contribution is 5.69. The Kier molecular flexibility index (Phi) is 6.52. The molecule has 1 rings (SSSR count). The molecule has 0 unspecified atom stereocenters. The quantitative estimate of drug-likeness (QED) is 0.670. The monoisotopic (exact) mass is 243 g/mol. The average molecular weight is 243 g/mol. The van der Waals surface area contributed by atoms with E-state index < -0.39 is 5.97 Å². The van der Waals surface area contributed by atoms with Crippen LogP contribution in [0.1, 0.15) is 39.5 Å². The van der Waals surface area contributed by atoms with Gasteiger partial charge in [-0.15, -0.1) is 0 Å². The van der Waals surface area contributed by atoms with Gasteiger partial charge in [-0.3, -0.25) is 4.79 Å². The Morgan fingerprint density at radius 1 is 1.35 bits per heavy atom. The number of rotatable bonds is 7. The van der Waals surface area contributed by atoms with E-state index in [1.54, 1.807) is 0 Å². The van der Waals surface area contributed by atoms with Crippen molar-refractivity contribution in [1.29, 1.82) is 0 Å².